The number of rotatable bonds is 1. The van der Waals surface area contributed by atoms with Crippen molar-refractivity contribution >= 4 is 23.2 Å². The standard InChI is InChI=1S/C14H14Cl2N2/c15-9-4-5-11(16)14(8-9)18-7-6-10-12(17)2-1-3-13(10)18/h4-8,12H,1-3,17H2. The van der Waals surface area contributed by atoms with Crippen molar-refractivity contribution in [3.05, 3.63) is 51.8 Å². The normalized spacial score (nSPS) is 18.7. The Morgan fingerprint density at radius 3 is 2.89 bits per heavy atom. The maximum absolute atomic E-state index is 6.26. The Bertz CT molecular complexity index is 589. The molecule has 0 aliphatic heterocycles. The van der Waals surface area contributed by atoms with Gasteiger partial charge in [-0.15, -0.1) is 0 Å². The van der Waals surface area contributed by atoms with Crippen molar-refractivity contribution in [2.24, 2.45) is 5.73 Å². The van der Waals surface area contributed by atoms with Crippen LogP contribution in [0.25, 0.3) is 5.69 Å². The van der Waals surface area contributed by atoms with Crippen LogP contribution in [0.1, 0.15) is 30.1 Å². The van der Waals surface area contributed by atoms with Gasteiger partial charge in [0.1, 0.15) is 0 Å². The summed E-state index contributed by atoms with van der Waals surface area (Å²) in [7, 11) is 0. The van der Waals surface area contributed by atoms with Crippen LogP contribution in [0, 0.1) is 0 Å². The molecule has 94 valence electrons. The zero-order valence-corrected chi connectivity index (χ0v) is 11.4. The minimum atomic E-state index is 0.146. The molecule has 3 rings (SSSR count). The molecule has 0 fully saturated rings. The number of hydrogen-bond acceptors (Lipinski definition) is 1. The van der Waals surface area contributed by atoms with Gasteiger partial charge < -0.3 is 10.3 Å². The van der Waals surface area contributed by atoms with Crippen LogP contribution in [-0.4, -0.2) is 4.57 Å². The number of fused-ring (bicyclic) bond motifs is 1. The van der Waals surface area contributed by atoms with E-state index in [1.54, 1.807) is 6.07 Å². The highest BCUT2D eigenvalue weighted by molar-refractivity contribution is 6.34. The van der Waals surface area contributed by atoms with E-state index in [0.717, 1.165) is 24.9 Å². The molecule has 0 radical (unpaired) electrons. The average molecular weight is 281 g/mol. The Balaban J connectivity index is 2.15. The zero-order valence-electron chi connectivity index (χ0n) is 9.87. The molecule has 1 aromatic carbocycles. The Morgan fingerprint density at radius 1 is 1.22 bits per heavy atom. The summed E-state index contributed by atoms with van der Waals surface area (Å²) in [5.74, 6) is 0. The highest BCUT2D eigenvalue weighted by Crippen LogP contribution is 2.33. The molecule has 2 nitrogen and oxygen atoms in total. The molecule has 2 N–H and O–H groups in total. The Labute approximate surface area is 116 Å². The summed E-state index contributed by atoms with van der Waals surface area (Å²) in [6, 6.07) is 7.76. The van der Waals surface area contributed by atoms with E-state index in [-0.39, 0.29) is 6.04 Å². The van der Waals surface area contributed by atoms with Crippen LogP contribution in [0.15, 0.2) is 30.5 Å². The Kier molecular flexibility index (Phi) is 3.10. The molecule has 2 aromatic rings. The average Bonchev–Trinajstić information content (AvgIpc) is 2.77. The molecule has 1 aliphatic rings. The van der Waals surface area contributed by atoms with E-state index in [1.165, 1.54) is 11.3 Å². The predicted molar refractivity (Wildman–Crippen MR) is 75.7 cm³/mol. The number of aromatic nitrogens is 1. The van der Waals surface area contributed by atoms with Crippen LogP contribution < -0.4 is 5.73 Å². The first kappa shape index (κ1) is 12.1. The highest BCUT2D eigenvalue weighted by Gasteiger charge is 2.21. The molecule has 0 amide bonds. The van der Waals surface area contributed by atoms with Gasteiger partial charge in [0.2, 0.25) is 0 Å². The van der Waals surface area contributed by atoms with Gasteiger partial charge in [0.15, 0.2) is 0 Å². The van der Waals surface area contributed by atoms with E-state index < -0.39 is 0 Å². The van der Waals surface area contributed by atoms with Gasteiger partial charge >= 0.3 is 0 Å². The molecule has 0 saturated heterocycles. The summed E-state index contributed by atoms with van der Waals surface area (Å²) in [5, 5.41) is 1.40. The minimum Gasteiger partial charge on any atom is -0.324 e. The van der Waals surface area contributed by atoms with E-state index in [2.05, 4.69) is 10.6 Å². The molecule has 1 aliphatic carbocycles. The summed E-state index contributed by atoms with van der Waals surface area (Å²) in [6.45, 7) is 0. The lowest BCUT2D eigenvalue weighted by Gasteiger charge is -2.21. The van der Waals surface area contributed by atoms with Crippen LogP contribution >= 0.6 is 23.2 Å². The van der Waals surface area contributed by atoms with Crippen LogP contribution in [0.2, 0.25) is 10.0 Å². The second-order valence-electron chi connectivity index (χ2n) is 4.68. The molecule has 0 spiro atoms. The molecule has 1 aromatic heterocycles. The molecule has 1 heterocycles. The van der Waals surface area contributed by atoms with Gasteiger partial charge in [0.05, 0.1) is 10.7 Å². The van der Waals surface area contributed by atoms with Crippen molar-refractivity contribution < 1.29 is 0 Å². The third-order valence-corrected chi connectivity index (χ3v) is 4.08. The molecule has 18 heavy (non-hydrogen) atoms. The topological polar surface area (TPSA) is 30.9 Å². The lowest BCUT2D eigenvalue weighted by atomic mass is 9.93. The van der Waals surface area contributed by atoms with Gasteiger partial charge in [-0.2, -0.15) is 0 Å². The molecule has 0 bridgehead atoms. The van der Waals surface area contributed by atoms with Crippen LogP contribution in [0.5, 0.6) is 0 Å². The fourth-order valence-electron chi connectivity index (χ4n) is 2.62. The van der Waals surface area contributed by atoms with Gasteiger partial charge in [-0.1, -0.05) is 23.2 Å². The summed E-state index contributed by atoms with van der Waals surface area (Å²) in [6.07, 6.45) is 5.25. The largest absolute Gasteiger partial charge is 0.324 e. The van der Waals surface area contributed by atoms with Crippen molar-refractivity contribution in [2.75, 3.05) is 0 Å². The SMILES string of the molecule is NC1CCCc2c1ccn2-c1cc(Cl)ccc1Cl. The fraction of sp³-hybridized carbons (Fsp3) is 0.286. The Hall–Kier alpha value is -0.960. The third-order valence-electron chi connectivity index (χ3n) is 3.52. The monoisotopic (exact) mass is 280 g/mol. The smallest absolute Gasteiger partial charge is 0.0653 e. The lowest BCUT2D eigenvalue weighted by Crippen LogP contribution is -2.17. The number of nitrogens with two attached hydrogens (primary N) is 1. The number of benzene rings is 1. The van der Waals surface area contributed by atoms with Crippen molar-refractivity contribution in [3.8, 4) is 5.69 Å². The quantitative estimate of drug-likeness (QED) is 0.837. The van der Waals surface area contributed by atoms with Crippen LogP contribution in [-0.2, 0) is 6.42 Å². The molecular weight excluding hydrogens is 267 g/mol. The van der Waals surface area contributed by atoms with Crippen molar-refractivity contribution in [2.45, 2.75) is 25.3 Å². The maximum atomic E-state index is 6.26. The van der Waals surface area contributed by atoms with E-state index in [0.29, 0.717) is 10.0 Å². The summed E-state index contributed by atoms with van der Waals surface area (Å²) < 4.78 is 2.11. The number of nitrogens with zero attached hydrogens (tertiary/aromatic N) is 1. The van der Waals surface area contributed by atoms with Crippen molar-refractivity contribution in [3.63, 3.8) is 0 Å². The van der Waals surface area contributed by atoms with Gasteiger partial charge in [-0.3, -0.25) is 0 Å². The fourth-order valence-corrected chi connectivity index (χ4v) is 3.00. The van der Waals surface area contributed by atoms with Gasteiger partial charge in [-0.25, -0.2) is 0 Å². The van der Waals surface area contributed by atoms with E-state index in [1.807, 2.05) is 18.3 Å². The highest BCUT2D eigenvalue weighted by atomic mass is 35.5. The second kappa shape index (κ2) is 4.61. The lowest BCUT2D eigenvalue weighted by molar-refractivity contribution is 0.560. The predicted octanol–water partition coefficient (Wildman–Crippen LogP) is 4.12. The Morgan fingerprint density at radius 2 is 2.06 bits per heavy atom. The summed E-state index contributed by atoms with van der Waals surface area (Å²) >= 11 is 12.3. The molecule has 1 atom stereocenters. The summed E-state index contributed by atoms with van der Waals surface area (Å²) in [5.41, 5.74) is 9.56. The van der Waals surface area contributed by atoms with Crippen molar-refractivity contribution in [1.29, 1.82) is 0 Å². The third kappa shape index (κ3) is 1.95. The van der Waals surface area contributed by atoms with E-state index >= 15 is 0 Å². The first-order chi connectivity index (χ1) is 8.66. The molecule has 4 heteroatoms. The van der Waals surface area contributed by atoms with Crippen molar-refractivity contribution in [1.82, 2.24) is 4.57 Å². The van der Waals surface area contributed by atoms with Crippen LogP contribution in [0.4, 0.5) is 0 Å². The molecule has 0 saturated carbocycles. The minimum absolute atomic E-state index is 0.146. The van der Waals surface area contributed by atoms with Gasteiger partial charge in [-0.05, 0) is 49.1 Å². The molecule has 1 unspecified atom stereocenters. The number of hydrogen-bond donors (Lipinski definition) is 1. The molecular formula is C14H14Cl2N2. The van der Waals surface area contributed by atoms with Gasteiger partial charge in [0, 0.05) is 23.0 Å². The zero-order chi connectivity index (χ0) is 12.7. The van der Waals surface area contributed by atoms with Crippen LogP contribution in [0.3, 0.4) is 0 Å². The first-order valence-electron chi connectivity index (χ1n) is 6.08. The second-order valence-corrected chi connectivity index (χ2v) is 5.53. The number of halogens is 2. The first-order valence-corrected chi connectivity index (χ1v) is 6.83. The summed E-state index contributed by atoms with van der Waals surface area (Å²) in [4.78, 5) is 0. The maximum Gasteiger partial charge on any atom is 0.0653 e. The van der Waals surface area contributed by atoms with E-state index in [9.17, 15) is 0 Å². The van der Waals surface area contributed by atoms with E-state index in [4.69, 9.17) is 28.9 Å². The van der Waals surface area contributed by atoms with Gasteiger partial charge in [0.25, 0.3) is 0 Å².